The van der Waals surface area contributed by atoms with Crippen LogP contribution in [0.15, 0.2) is 110 Å². The second kappa shape index (κ2) is 15.5. The van der Waals surface area contributed by atoms with E-state index in [2.05, 4.69) is 20.4 Å². The Morgan fingerprint density at radius 1 is 0.683 bits per heavy atom. The number of hydrogen-bond donors (Lipinski definition) is 1. The van der Waals surface area contributed by atoms with Crippen LogP contribution in [0.25, 0.3) is 0 Å². The zero-order valence-electron chi connectivity index (χ0n) is 24.0. The first-order valence-corrected chi connectivity index (χ1v) is 13.6. The summed E-state index contributed by atoms with van der Waals surface area (Å²) >= 11 is 0. The Labute approximate surface area is 241 Å². The molecule has 4 aromatic rings. The maximum absolute atomic E-state index is 13.5. The van der Waals surface area contributed by atoms with Gasteiger partial charge < -0.3 is 19.3 Å². The molecule has 2 atom stereocenters. The first-order valence-electron chi connectivity index (χ1n) is 13.6. The van der Waals surface area contributed by atoms with Crippen molar-refractivity contribution in [2.45, 2.75) is 39.9 Å². The highest BCUT2D eigenvalue weighted by Crippen LogP contribution is 2.35. The molecule has 0 aromatic heterocycles. The Balaban J connectivity index is 0.000000228. The van der Waals surface area contributed by atoms with E-state index in [1.54, 1.807) is 18.2 Å². The third kappa shape index (κ3) is 9.38. The summed E-state index contributed by atoms with van der Waals surface area (Å²) in [5, 5.41) is 9.87. The van der Waals surface area contributed by atoms with E-state index in [0.29, 0.717) is 17.9 Å². The van der Waals surface area contributed by atoms with Crippen molar-refractivity contribution in [2.24, 2.45) is 11.8 Å². The van der Waals surface area contributed by atoms with Crippen LogP contribution in [0.4, 0.5) is 8.78 Å². The van der Waals surface area contributed by atoms with Crippen LogP contribution in [0.5, 0.6) is 23.0 Å². The molecule has 4 rings (SSSR count). The van der Waals surface area contributed by atoms with Gasteiger partial charge >= 0.3 is 0 Å². The summed E-state index contributed by atoms with van der Waals surface area (Å²) in [4.78, 5) is 0. The molecular formula is C35H38F2O4. The van der Waals surface area contributed by atoms with E-state index in [1.807, 2.05) is 74.5 Å². The van der Waals surface area contributed by atoms with Crippen LogP contribution < -0.4 is 14.2 Å². The average molecular weight is 561 g/mol. The fourth-order valence-electron chi connectivity index (χ4n) is 4.18. The van der Waals surface area contributed by atoms with Crippen LogP contribution in [-0.4, -0.2) is 11.7 Å². The number of phenolic OH excluding ortho intramolecular Hbond substituents is 1. The van der Waals surface area contributed by atoms with Crippen LogP contribution in [0, 0.1) is 23.5 Å². The lowest BCUT2D eigenvalue weighted by molar-refractivity contribution is 0.149. The molecule has 1 N–H and O–H groups in total. The molecule has 4 nitrogen and oxygen atoms in total. The maximum atomic E-state index is 13.5. The molecule has 6 heteroatoms. The van der Waals surface area contributed by atoms with Gasteiger partial charge in [0.2, 0.25) is 0 Å². The van der Waals surface area contributed by atoms with Crippen LogP contribution in [0.2, 0.25) is 0 Å². The normalized spacial score (nSPS) is 12.2. The van der Waals surface area contributed by atoms with Crippen LogP contribution in [0.1, 0.15) is 51.0 Å². The quantitative estimate of drug-likeness (QED) is 0.186. The minimum atomic E-state index is -0.455. The van der Waals surface area contributed by atoms with Gasteiger partial charge in [0, 0.05) is 23.3 Å². The van der Waals surface area contributed by atoms with E-state index in [1.165, 1.54) is 18.2 Å². The molecule has 0 fully saturated rings. The van der Waals surface area contributed by atoms with Crippen molar-refractivity contribution >= 4 is 0 Å². The van der Waals surface area contributed by atoms with E-state index >= 15 is 0 Å². The van der Waals surface area contributed by atoms with Crippen LogP contribution in [0.3, 0.4) is 0 Å². The number of rotatable bonds is 11. The number of halogens is 2. The number of ether oxygens (including phenoxy) is 3. The van der Waals surface area contributed by atoms with E-state index in [-0.39, 0.29) is 35.6 Å². The molecule has 0 bridgehead atoms. The number of phenols is 1. The molecule has 4 aromatic carbocycles. The molecule has 0 aliphatic carbocycles. The number of aromatic hydroxyl groups is 1. The first-order chi connectivity index (χ1) is 19.7. The van der Waals surface area contributed by atoms with Crippen molar-refractivity contribution in [3.05, 3.63) is 132 Å². The molecular weight excluding hydrogens is 522 g/mol. The van der Waals surface area contributed by atoms with Crippen molar-refractivity contribution in [3.8, 4) is 23.0 Å². The summed E-state index contributed by atoms with van der Waals surface area (Å²) in [7, 11) is 0. The SMILES string of the molecule is C=CCOc1cc(F)ccc1[C@@H](Oc1ccccc1)C(C)C.CC(C)[C@H](Oc1ccccc1)c1ccc(F)cc1O. The zero-order chi connectivity index (χ0) is 29.8. The molecule has 0 aliphatic heterocycles. The summed E-state index contributed by atoms with van der Waals surface area (Å²) < 4.78 is 44.1. The van der Waals surface area contributed by atoms with E-state index < -0.39 is 5.82 Å². The second-order valence-electron chi connectivity index (χ2n) is 10.2. The van der Waals surface area contributed by atoms with Crippen molar-refractivity contribution < 1.29 is 28.1 Å². The predicted molar refractivity (Wildman–Crippen MR) is 159 cm³/mol. The fourth-order valence-corrected chi connectivity index (χ4v) is 4.18. The largest absolute Gasteiger partial charge is 0.507 e. The third-order valence-corrected chi connectivity index (χ3v) is 6.16. The smallest absolute Gasteiger partial charge is 0.130 e. The summed E-state index contributed by atoms with van der Waals surface area (Å²) in [5.74, 6) is 1.50. The molecule has 0 saturated heterocycles. The Bertz CT molecular complexity index is 1360. The Morgan fingerprint density at radius 3 is 1.61 bits per heavy atom. The molecule has 0 amide bonds. The van der Waals surface area contributed by atoms with Crippen molar-refractivity contribution in [1.82, 2.24) is 0 Å². The molecule has 0 saturated carbocycles. The van der Waals surface area contributed by atoms with Crippen molar-refractivity contribution in [3.63, 3.8) is 0 Å². The van der Waals surface area contributed by atoms with Crippen molar-refractivity contribution in [1.29, 1.82) is 0 Å². The fraction of sp³-hybridized carbons (Fsp3) is 0.257. The standard InChI is InChI=1S/C19H21FO2.C16H17FO2/c1-4-12-21-18-13-15(20)10-11-17(18)19(14(2)3)22-16-8-6-5-7-9-16;1-11(2)16(19-13-6-4-3-5-7-13)14-9-8-12(17)10-15(14)18/h4-11,13-14,19H,1,12H2,2-3H3;3-11,16,18H,1-2H3/t19-;16-/m00/s1. The summed E-state index contributed by atoms with van der Waals surface area (Å²) in [5.41, 5.74) is 1.43. The van der Waals surface area contributed by atoms with Gasteiger partial charge in [-0.05, 0) is 60.4 Å². The highest BCUT2D eigenvalue weighted by Gasteiger charge is 2.23. The van der Waals surface area contributed by atoms with Gasteiger partial charge in [0.1, 0.15) is 53.4 Å². The van der Waals surface area contributed by atoms with E-state index in [0.717, 1.165) is 23.1 Å². The zero-order valence-corrected chi connectivity index (χ0v) is 24.0. The Morgan fingerprint density at radius 2 is 1.15 bits per heavy atom. The Hall–Kier alpha value is -4.32. The summed E-state index contributed by atoms with van der Waals surface area (Å²) in [6.45, 7) is 12.1. The molecule has 0 spiro atoms. The first kappa shape index (κ1) is 31.2. The van der Waals surface area contributed by atoms with Gasteiger partial charge in [-0.3, -0.25) is 0 Å². The van der Waals surface area contributed by atoms with Gasteiger partial charge in [-0.2, -0.15) is 0 Å². The van der Waals surface area contributed by atoms with Crippen molar-refractivity contribution in [2.75, 3.05) is 6.61 Å². The van der Waals surface area contributed by atoms with Gasteiger partial charge in [0.15, 0.2) is 0 Å². The maximum Gasteiger partial charge on any atom is 0.130 e. The lowest BCUT2D eigenvalue weighted by Gasteiger charge is -2.25. The van der Waals surface area contributed by atoms with Gasteiger partial charge in [0.25, 0.3) is 0 Å². The Kier molecular flexibility index (Phi) is 11.8. The molecule has 0 radical (unpaired) electrons. The van der Waals surface area contributed by atoms with E-state index in [9.17, 15) is 13.9 Å². The van der Waals surface area contributed by atoms with Gasteiger partial charge in [-0.25, -0.2) is 8.78 Å². The second-order valence-corrected chi connectivity index (χ2v) is 10.2. The minimum absolute atomic E-state index is 0.0744. The molecule has 0 heterocycles. The predicted octanol–water partition coefficient (Wildman–Crippen LogP) is 9.47. The van der Waals surface area contributed by atoms with Gasteiger partial charge in [-0.15, -0.1) is 0 Å². The highest BCUT2D eigenvalue weighted by atomic mass is 19.1. The molecule has 0 aliphatic rings. The molecule has 0 unspecified atom stereocenters. The number of benzene rings is 4. The summed E-state index contributed by atoms with van der Waals surface area (Å²) in [6.07, 6.45) is 1.10. The average Bonchev–Trinajstić information content (AvgIpc) is 2.95. The van der Waals surface area contributed by atoms with E-state index in [4.69, 9.17) is 14.2 Å². The third-order valence-electron chi connectivity index (χ3n) is 6.16. The number of hydrogen-bond acceptors (Lipinski definition) is 4. The minimum Gasteiger partial charge on any atom is -0.507 e. The lowest BCUT2D eigenvalue weighted by Crippen LogP contribution is -2.16. The monoisotopic (exact) mass is 560 g/mol. The topological polar surface area (TPSA) is 47.9 Å². The summed E-state index contributed by atoms with van der Waals surface area (Å²) in [6, 6.07) is 27.5. The highest BCUT2D eigenvalue weighted by molar-refractivity contribution is 5.38. The molecule has 216 valence electrons. The molecule has 41 heavy (non-hydrogen) atoms. The van der Waals surface area contributed by atoms with Gasteiger partial charge in [0.05, 0.1) is 0 Å². The van der Waals surface area contributed by atoms with Crippen LogP contribution in [-0.2, 0) is 0 Å². The van der Waals surface area contributed by atoms with Gasteiger partial charge in [-0.1, -0.05) is 76.7 Å². The lowest BCUT2D eigenvalue weighted by atomic mass is 9.97. The number of para-hydroxylation sites is 2. The van der Waals surface area contributed by atoms with Crippen LogP contribution >= 0.6 is 0 Å².